The molecule has 0 aliphatic heterocycles. The highest BCUT2D eigenvalue weighted by Gasteiger charge is 2.06. The molecule has 2 aromatic rings. The smallest absolute Gasteiger partial charge is 0.126 e. The molecule has 0 spiro atoms. The van der Waals surface area contributed by atoms with E-state index in [1.165, 1.54) is 12.1 Å². The van der Waals surface area contributed by atoms with Gasteiger partial charge < -0.3 is 10.1 Å². The Hall–Kier alpha value is -1.94. The molecule has 2 nitrogen and oxygen atoms in total. The van der Waals surface area contributed by atoms with Crippen LogP contribution in [-0.4, -0.2) is 6.61 Å². The third kappa shape index (κ3) is 4.53. The number of hydrogen-bond donors (Lipinski definition) is 1. The van der Waals surface area contributed by atoms with Crippen molar-refractivity contribution in [3.8, 4) is 5.75 Å². The first-order valence-electron chi connectivity index (χ1n) is 6.99. The Morgan fingerprint density at radius 2 is 1.67 bits per heavy atom. The molecule has 0 aliphatic carbocycles. The van der Waals surface area contributed by atoms with E-state index in [2.05, 4.69) is 5.32 Å². The van der Waals surface area contributed by atoms with Gasteiger partial charge in [0.1, 0.15) is 17.4 Å². The Labute approximate surface area is 123 Å². The summed E-state index contributed by atoms with van der Waals surface area (Å²) in [6, 6.07) is 11.4. The minimum Gasteiger partial charge on any atom is -0.494 e. The molecule has 0 aliphatic rings. The Bertz CT molecular complexity index is 564. The second kappa shape index (κ2) is 7.18. The van der Waals surface area contributed by atoms with Gasteiger partial charge in [-0.25, -0.2) is 8.78 Å². The molecule has 1 atom stereocenters. The molecule has 2 rings (SSSR count). The van der Waals surface area contributed by atoms with Gasteiger partial charge in [-0.2, -0.15) is 0 Å². The first-order valence-corrected chi connectivity index (χ1v) is 6.99. The third-order valence-electron chi connectivity index (χ3n) is 3.23. The summed E-state index contributed by atoms with van der Waals surface area (Å²) in [5.41, 5.74) is 1.68. The normalized spacial score (nSPS) is 12.2. The molecule has 0 radical (unpaired) electrons. The molecular weight excluding hydrogens is 272 g/mol. The zero-order valence-corrected chi connectivity index (χ0v) is 12.2. The lowest BCUT2D eigenvalue weighted by Gasteiger charge is -2.15. The highest BCUT2D eigenvalue weighted by atomic mass is 19.1. The van der Waals surface area contributed by atoms with Gasteiger partial charge in [-0.1, -0.05) is 12.1 Å². The average Bonchev–Trinajstić information content (AvgIpc) is 2.45. The monoisotopic (exact) mass is 291 g/mol. The molecule has 0 bridgehead atoms. The summed E-state index contributed by atoms with van der Waals surface area (Å²) in [6.45, 7) is 4.99. The van der Waals surface area contributed by atoms with E-state index in [0.29, 0.717) is 18.7 Å². The highest BCUT2D eigenvalue weighted by Crippen LogP contribution is 2.18. The van der Waals surface area contributed by atoms with Gasteiger partial charge in [0, 0.05) is 18.7 Å². The van der Waals surface area contributed by atoms with Crippen molar-refractivity contribution in [3.63, 3.8) is 0 Å². The van der Waals surface area contributed by atoms with Gasteiger partial charge in [-0.3, -0.25) is 0 Å². The van der Waals surface area contributed by atoms with Crippen molar-refractivity contribution in [2.24, 2.45) is 0 Å². The largest absolute Gasteiger partial charge is 0.494 e. The van der Waals surface area contributed by atoms with Crippen molar-refractivity contribution in [2.45, 2.75) is 26.4 Å². The number of halogens is 2. The summed E-state index contributed by atoms with van der Waals surface area (Å²) in [6.07, 6.45) is 0. The zero-order chi connectivity index (χ0) is 15.2. The van der Waals surface area contributed by atoms with Crippen LogP contribution in [0.5, 0.6) is 5.75 Å². The first kappa shape index (κ1) is 15.4. The summed E-state index contributed by atoms with van der Waals surface area (Å²) in [5.74, 6) is -0.276. The second-order valence-electron chi connectivity index (χ2n) is 4.88. The molecular formula is C17H19F2NO. The van der Waals surface area contributed by atoms with E-state index in [4.69, 9.17) is 4.74 Å². The molecule has 21 heavy (non-hydrogen) atoms. The van der Waals surface area contributed by atoms with Crippen molar-refractivity contribution in [2.75, 3.05) is 6.61 Å². The van der Waals surface area contributed by atoms with Gasteiger partial charge in [0.05, 0.1) is 6.61 Å². The highest BCUT2D eigenvalue weighted by molar-refractivity contribution is 5.29. The molecule has 0 saturated carbocycles. The number of nitrogens with one attached hydrogen (secondary N) is 1. The lowest BCUT2D eigenvalue weighted by molar-refractivity contribution is 0.340. The predicted molar refractivity (Wildman–Crippen MR) is 79.2 cm³/mol. The fraction of sp³-hybridized carbons (Fsp3) is 0.294. The molecule has 2 aromatic carbocycles. The molecule has 1 N–H and O–H groups in total. The zero-order valence-electron chi connectivity index (χ0n) is 12.2. The van der Waals surface area contributed by atoms with Gasteiger partial charge in [0.25, 0.3) is 0 Å². The van der Waals surface area contributed by atoms with Crippen LogP contribution in [0.4, 0.5) is 8.78 Å². The Morgan fingerprint density at radius 3 is 2.24 bits per heavy atom. The van der Waals surface area contributed by atoms with Crippen molar-refractivity contribution in [3.05, 3.63) is 65.2 Å². The molecule has 0 aromatic heterocycles. The fourth-order valence-electron chi connectivity index (χ4n) is 2.12. The van der Waals surface area contributed by atoms with Crippen molar-refractivity contribution in [1.29, 1.82) is 0 Å². The van der Waals surface area contributed by atoms with Crippen LogP contribution in [0.2, 0.25) is 0 Å². The van der Waals surface area contributed by atoms with Crippen LogP contribution in [0, 0.1) is 11.6 Å². The molecule has 0 saturated heterocycles. The van der Waals surface area contributed by atoms with Crippen molar-refractivity contribution < 1.29 is 13.5 Å². The van der Waals surface area contributed by atoms with E-state index in [1.807, 2.05) is 38.1 Å². The van der Waals surface area contributed by atoms with E-state index in [-0.39, 0.29) is 6.04 Å². The number of rotatable bonds is 6. The maximum Gasteiger partial charge on any atom is 0.126 e. The molecule has 1 unspecified atom stereocenters. The topological polar surface area (TPSA) is 21.3 Å². The summed E-state index contributed by atoms with van der Waals surface area (Å²) in [5, 5.41) is 3.25. The van der Waals surface area contributed by atoms with Crippen LogP contribution in [-0.2, 0) is 6.54 Å². The summed E-state index contributed by atoms with van der Waals surface area (Å²) >= 11 is 0. The minimum absolute atomic E-state index is 0.0759. The minimum atomic E-state index is -0.555. The fourth-order valence-corrected chi connectivity index (χ4v) is 2.12. The SMILES string of the molecule is CCOc1ccc(C(C)NCc2cc(F)cc(F)c2)cc1. The maximum atomic E-state index is 13.1. The Morgan fingerprint density at radius 1 is 1.05 bits per heavy atom. The third-order valence-corrected chi connectivity index (χ3v) is 3.23. The van der Waals surface area contributed by atoms with Gasteiger partial charge in [0.2, 0.25) is 0 Å². The van der Waals surface area contributed by atoms with Crippen molar-refractivity contribution >= 4 is 0 Å². The molecule has 0 fully saturated rings. The lowest BCUT2D eigenvalue weighted by Crippen LogP contribution is -2.18. The number of benzene rings is 2. The van der Waals surface area contributed by atoms with Gasteiger partial charge >= 0.3 is 0 Å². The quantitative estimate of drug-likeness (QED) is 0.860. The van der Waals surface area contributed by atoms with E-state index >= 15 is 0 Å². The molecule has 4 heteroatoms. The number of hydrogen-bond acceptors (Lipinski definition) is 2. The van der Waals surface area contributed by atoms with Crippen LogP contribution in [0.25, 0.3) is 0 Å². The van der Waals surface area contributed by atoms with E-state index in [9.17, 15) is 8.78 Å². The standard InChI is InChI=1S/C17H19F2NO/c1-3-21-17-6-4-14(5-7-17)12(2)20-11-13-8-15(18)10-16(19)9-13/h4-10,12,20H,3,11H2,1-2H3. The predicted octanol–water partition coefficient (Wildman–Crippen LogP) is 4.21. The van der Waals surface area contributed by atoms with Gasteiger partial charge in [0.15, 0.2) is 0 Å². The molecule has 0 amide bonds. The van der Waals surface area contributed by atoms with E-state index in [0.717, 1.165) is 17.4 Å². The maximum absolute atomic E-state index is 13.1. The van der Waals surface area contributed by atoms with Crippen LogP contribution in [0.1, 0.15) is 31.0 Å². The Balaban J connectivity index is 1.96. The second-order valence-corrected chi connectivity index (χ2v) is 4.88. The van der Waals surface area contributed by atoms with Gasteiger partial charge in [-0.15, -0.1) is 0 Å². The van der Waals surface area contributed by atoms with E-state index in [1.54, 1.807) is 0 Å². The lowest BCUT2D eigenvalue weighted by atomic mass is 10.1. The number of ether oxygens (including phenoxy) is 1. The van der Waals surface area contributed by atoms with Gasteiger partial charge in [-0.05, 0) is 49.2 Å². The van der Waals surface area contributed by atoms with Crippen molar-refractivity contribution in [1.82, 2.24) is 5.32 Å². The average molecular weight is 291 g/mol. The summed E-state index contributed by atoms with van der Waals surface area (Å²) < 4.78 is 31.6. The van der Waals surface area contributed by atoms with E-state index < -0.39 is 11.6 Å². The molecule has 112 valence electrons. The van der Waals surface area contributed by atoms with Crippen LogP contribution in [0.3, 0.4) is 0 Å². The molecule has 0 heterocycles. The summed E-state index contributed by atoms with van der Waals surface area (Å²) in [7, 11) is 0. The Kier molecular flexibility index (Phi) is 5.28. The van der Waals surface area contributed by atoms with Crippen LogP contribution < -0.4 is 10.1 Å². The van der Waals surface area contributed by atoms with Crippen LogP contribution in [0.15, 0.2) is 42.5 Å². The first-order chi connectivity index (χ1) is 10.1. The van der Waals surface area contributed by atoms with Crippen LogP contribution >= 0.6 is 0 Å². The summed E-state index contributed by atoms with van der Waals surface area (Å²) in [4.78, 5) is 0.